The van der Waals surface area contributed by atoms with Gasteiger partial charge >= 0.3 is 0 Å². The van der Waals surface area contributed by atoms with Gasteiger partial charge in [-0.05, 0) is 30.3 Å². The Kier molecular flexibility index (Phi) is 5.49. The second kappa shape index (κ2) is 7.99. The van der Waals surface area contributed by atoms with Gasteiger partial charge in [0.2, 0.25) is 11.8 Å². The minimum Gasteiger partial charge on any atom is -0.495 e. The van der Waals surface area contributed by atoms with Crippen molar-refractivity contribution in [1.29, 1.82) is 0 Å². The summed E-state index contributed by atoms with van der Waals surface area (Å²) in [5.41, 5.74) is 1.46. The highest BCUT2D eigenvalue weighted by Crippen LogP contribution is 2.34. The van der Waals surface area contributed by atoms with Gasteiger partial charge < -0.3 is 20.1 Å². The number of carbonyl (C=O) groups is 3. The first-order valence-corrected chi connectivity index (χ1v) is 8.66. The van der Waals surface area contributed by atoms with Gasteiger partial charge in [0.15, 0.2) is 0 Å². The Hall–Kier alpha value is -3.55. The Morgan fingerprint density at radius 1 is 1.07 bits per heavy atom. The van der Waals surface area contributed by atoms with Gasteiger partial charge in [-0.25, -0.2) is 4.90 Å². The molecule has 0 unspecified atom stereocenters. The van der Waals surface area contributed by atoms with Crippen LogP contribution in [0.4, 0.5) is 17.1 Å². The molecule has 2 aromatic rings. The number of benzene rings is 2. The fraction of sp³-hybridized carbons (Fsp3) is 0.250. The Morgan fingerprint density at radius 2 is 1.79 bits per heavy atom. The van der Waals surface area contributed by atoms with Crippen molar-refractivity contribution in [2.75, 3.05) is 29.8 Å². The van der Waals surface area contributed by atoms with Gasteiger partial charge in [0.1, 0.15) is 17.5 Å². The van der Waals surface area contributed by atoms with E-state index in [4.69, 9.17) is 9.47 Å². The summed E-state index contributed by atoms with van der Waals surface area (Å²) in [4.78, 5) is 37.9. The third-order valence-electron chi connectivity index (χ3n) is 4.32. The summed E-state index contributed by atoms with van der Waals surface area (Å²) in [6, 6.07) is 11.1. The van der Waals surface area contributed by atoms with Crippen LogP contribution in [0.25, 0.3) is 0 Å². The number of carbonyl (C=O) groups excluding carboxylic acids is 3. The quantitative estimate of drug-likeness (QED) is 0.744. The van der Waals surface area contributed by atoms with E-state index in [1.165, 1.54) is 21.1 Å². The van der Waals surface area contributed by atoms with Crippen LogP contribution < -0.4 is 25.0 Å². The summed E-state index contributed by atoms with van der Waals surface area (Å²) in [7, 11) is 2.99. The number of rotatable bonds is 6. The minimum absolute atomic E-state index is 0.00952. The molecular formula is C20H21N3O5. The van der Waals surface area contributed by atoms with E-state index in [2.05, 4.69) is 10.6 Å². The van der Waals surface area contributed by atoms with E-state index in [1.54, 1.807) is 42.5 Å². The predicted molar refractivity (Wildman–Crippen MR) is 105 cm³/mol. The second-order valence-corrected chi connectivity index (χ2v) is 6.24. The Balaban J connectivity index is 1.87. The van der Waals surface area contributed by atoms with Crippen molar-refractivity contribution in [1.82, 2.24) is 0 Å². The van der Waals surface area contributed by atoms with Gasteiger partial charge in [-0.1, -0.05) is 12.1 Å². The van der Waals surface area contributed by atoms with E-state index >= 15 is 0 Å². The maximum absolute atomic E-state index is 12.9. The van der Waals surface area contributed by atoms with E-state index < -0.39 is 6.04 Å². The lowest BCUT2D eigenvalue weighted by atomic mass is 10.2. The van der Waals surface area contributed by atoms with Crippen LogP contribution in [0.5, 0.6) is 11.5 Å². The van der Waals surface area contributed by atoms with Crippen LogP contribution in [0.2, 0.25) is 0 Å². The Morgan fingerprint density at radius 3 is 2.46 bits per heavy atom. The highest BCUT2D eigenvalue weighted by atomic mass is 16.5. The molecular weight excluding hydrogens is 362 g/mol. The number of para-hydroxylation sites is 2. The molecule has 28 heavy (non-hydrogen) atoms. The standard InChI is InChI=1S/C20H21N3O5/c1-12(24)21-13-8-9-17(27-2)14(10-13)22-15-11-19(25)23(20(15)26)16-6-4-5-7-18(16)28-3/h4-10,15,22H,11H2,1-3H3,(H,21,24)/t15-/m0/s1. The van der Waals surface area contributed by atoms with Crippen LogP contribution in [0.15, 0.2) is 42.5 Å². The number of methoxy groups -OCH3 is 2. The fourth-order valence-electron chi connectivity index (χ4n) is 3.10. The third-order valence-corrected chi connectivity index (χ3v) is 4.32. The van der Waals surface area contributed by atoms with Crippen molar-refractivity contribution in [3.05, 3.63) is 42.5 Å². The molecule has 1 aliphatic rings. The molecule has 3 rings (SSSR count). The van der Waals surface area contributed by atoms with E-state index in [0.717, 1.165) is 4.90 Å². The summed E-state index contributed by atoms with van der Waals surface area (Å²) >= 11 is 0. The topological polar surface area (TPSA) is 97.0 Å². The average molecular weight is 383 g/mol. The van der Waals surface area contributed by atoms with Gasteiger partial charge in [-0.15, -0.1) is 0 Å². The first-order valence-electron chi connectivity index (χ1n) is 8.66. The molecule has 1 saturated heterocycles. The van der Waals surface area contributed by atoms with Crippen molar-refractivity contribution in [2.24, 2.45) is 0 Å². The minimum atomic E-state index is -0.765. The molecule has 2 N–H and O–H groups in total. The number of nitrogens with one attached hydrogen (secondary N) is 2. The third kappa shape index (κ3) is 3.75. The van der Waals surface area contributed by atoms with Gasteiger partial charge in [-0.2, -0.15) is 0 Å². The lowest BCUT2D eigenvalue weighted by Gasteiger charge is -2.19. The van der Waals surface area contributed by atoms with Gasteiger partial charge in [0.05, 0.1) is 32.0 Å². The van der Waals surface area contributed by atoms with Gasteiger partial charge in [0.25, 0.3) is 5.91 Å². The van der Waals surface area contributed by atoms with Crippen molar-refractivity contribution in [3.63, 3.8) is 0 Å². The van der Waals surface area contributed by atoms with Crippen molar-refractivity contribution < 1.29 is 23.9 Å². The zero-order chi connectivity index (χ0) is 20.3. The molecule has 0 aromatic heterocycles. The highest BCUT2D eigenvalue weighted by Gasteiger charge is 2.41. The molecule has 1 fully saturated rings. The molecule has 3 amide bonds. The summed E-state index contributed by atoms with van der Waals surface area (Å²) in [6.45, 7) is 1.40. The predicted octanol–water partition coefficient (Wildman–Crippen LogP) is 2.41. The SMILES string of the molecule is COc1ccc(NC(C)=O)cc1N[C@H]1CC(=O)N(c2ccccc2OC)C1=O. The van der Waals surface area contributed by atoms with Crippen LogP contribution in [0.3, 0.4) is 0 Å². The Bertz CT molecular complexity index is 928. The van der Waals surface area contributed by atoms with E-state index in [1.807, 2.05) is 0 Å². The van der Waals surface area contributed by atoms with Crippen LogP contribution in [0, 0.1) is 0 Å². The smallest absolute Gasteiger partial charge is 0.256 e. The van der Waals surface area contributed by atoms with Crippen LogP contribution in [-0.2, 0) is 14.4 Å². The largest absolute Gasteiger partial charge is 0.495 e. The van der Waals surface area contributed by atoms with E-state index in [0.29, 0.717) is 28.6 Å². The first kappa shape index (κ1) is 19.2. The molecule has 0 bridgehead atoms. The molecule has 1 aliphatic heterocycles. The number of imide groups is 1. The molecule has 1 heterocycles. The molecule has 146 valence electrons. The number of nitrogens with zero attached hydrogens (tertiary/aromatic N) is 1. The Labute approximate surface area is 162 Å². The molecule has 2 aromatic carbocycles. The van der Waals surface area contributed by atoms with Gasteiger partial charge in [-0.3, -0.25) is 14.4 Å². The molecule has 0 saturated carbocycles. The normalized spacial score (nSPS) is 16.1. The molecule has 0 spiro atoms. The van der Waals surface area contributed by atoms with Crippen LogP contribution in [0.1, 0.15) is 13.3 Å². The maximum Gasteiger partial charge on any atom is 0.256 e. The van der Waals surface area contributed by atoms with Gasteiger partial charge in [0, 0.05) is 12.6 Å². The van der Waals surface area contributed by atoms with Crippen LogP contribution in [-0.4, -0.2) is 38.0 Å². The first-order chi connectivity index (χ1) is 13.4. The molecule has 8 nitrogen and oxygen atoms in total. The zero-order valence-electron chi connectivity index (χ0n) is 15.8. The van der Waals surface area contributed by atoms with Crippen molar-refractivity contribution >= 4 is 34.8 Å². The number of hydrogen-bond acceptors (Lipinski definition) is 6. The zero-order valence-corrected chi connectivity index (χ0v) is 15.8. The number of amides is 3. The monoisotopic (exact) mass is 383 g/mol. The summed E-state index contributed by atoms with van der Waals surface area (Å²) in [6.07, 6.45) is -0.00952. The maximum atomic E-state index is 12.9. The van der Waals surface area contributed by atoms with Crippen molar-refractivity contribution in [3.8, 4) is 11.5 Å². The van der Waals surface area contributed by atoms with E-state index in [-0.39, 0.29) is 24.1 Å². The summed E-state index contributed by atoms with van der Waals surface area (Å²) in [5.74, 6) is -0.00349. The number of ether oxygens (including phenoxy) is 2. The summed E-state index contributed by atoms with van der Waals surface area (Å²) in [5, 5.41) is 5.74. The molecule has 1 atom stereocenters. The average Bonchev–Trinajstić information content (AvgIpc) is 2.94. The summed E-state index contributed by atoms with van der Waals surface area (Å²) < 4.78 is 10.6. The lowest BCUT2D eigenvalue weighted by Crippen LogP contribution is -2.35. The molecule has 0 radical (unpaired) electrons. The van der Waals surface area contributed by atoms with Crippen molar-refractivity contribution in [2.45, 2.75) is 19.4 Å². The molecule has 0 aliphatic carbocycles. The highest BCUT2D eigenvalue weighted by molar-refractivity contribution is 6.23. The number of hydrogen-bond donors (Lipinski definition) is 2. The number of anilines is 3. The molecule has 8 heteroatoms. The fourth-order valence-corrected chi connectivity index (χ4v) is 3.10. The van der Waals surface area contributed by atoms with E-state index in [9.17, 15) is 14.4 Å². The lowest BCUT2D eigenvalue weighted by molar-refractivity contribution is -0.121. The van der Waals surface area contributed by atoms with Crippen LogP contribution >= 0.6 is 0 Å². The second-order valence-electron chi connectivity index (χ2n) is 6.24.